The molecular formula is C14H13BrN4O. The molecule has 0 bridgehead atoms. The van der Waals surface area contributed by atoms with E-state index in [2.05, 4.69) is 31.4 Å². The predicted octanol–water partition coefficient (Wildman–Crippen LogP) is 2.71. The molecule has 102 valence electrons. The van der Waals surface area contributed by atoms with Crippen LogP contribution in [0.5, 0.6) is 0 Å². The number of nitrogens with one attached hydrogen (secondary N) is 1. The van der Waals surface area contributed by atoms with Gasteiger partial charge in [-0.05, 0) is 21.5 Å². The average molecular weight is 333 g/mol. The highest BCUT2D eigenvalue weighted by molar-refractivity contribution is 9.10. The Morgan fingerprint density at radius 2 is 2.00 bits per heavy atom. The van der Waals surface area contributed by atoms with Crippen molar-refractivity contribution in [1.29, 1.82) is 0 Å². The van der Waals surface area contributed by atoms with Crippen LogP contribution in [0.3, 0.4) is 0 Å². The minimum Gasteiger partial charge on any atom is -0.299 e. The number of halogens is 1. The summed E-state index contributed by atoms with van der Waals surface area (Å²) in [6, 6.07) is 10.0. The number of aromatic nitrogens is 3. The van der Waals surface area contributed by atoms with Crippen LogP contribution in [0.25, 0.3) is 5.65 Å². The van der Waals surface area contributed by atoms with Gasteiger partial charge in [0, 0.05) is 6.20 Å². The number of hydrogen-bond acceptors (Lipinski definition) is 4. The largest absolute Gasteiger partial charge is 0.299 e. The SMILES string of the molecule is Brc1cn2c(CNOCc3ccccc3)cnc2cn1. The van der Waals surface area contributed by atoms with E-state index in [0.29, 0.717) is 13.2 Å². The Labute approximate surface area is 124 Å². The lowest BCUT2D eigenvalue weighted by Crippen LogP contribution is -2.15. The van der Waals surface area contributed by atoms with Gasteiger partial charge in [0.1, 0.15) is 4.60 Å². The fourth-order valence-corrected chi connectivity index (χ4v) is 2.19. The van der Waals surface area contributed by atoms with Crippen LogP contribution in [0, 0.1) is 0 Å². The molecule has 0 saturated heterocycles. The summed E-state index contributed by atoms with van der Waals surface area (Å²) in [7, 11) is 0. The van der Waals surface area contributed by atoms with Gasteiger partial charge in [-0.25, -0.2) is 9.97 Å². The summed E-state index contributed by atoms with van der Waals surface area (Å²) in [5, 5.41) is 0. The molecule has 0 radical (unpaired) electrons. The Hall–Kier alpha value is -1.76. The lowest BCUT2D eigenvalue weighted by atomic mass is 10.2. The third-order valence-electron chi connectivity index (χ3n) is 2.88. The summed E-state index contributed by atoms with van der Waals surface area (Å²) in [6.45, 7) is 1.10. The Kier molecular flexibility index (Phi) is 4.05. The summed E-state index contributed by atoms with van der Waals surface area (Å²) in [6.07, 6.45) is 5.41. The number of benzene rings is 1. The molecule has 2 heterocycles. The van der Waals surface area contributed by atoms with E-state index < -0.39 is 0 Å². The Bertz CT molecular complexity index is 699. The van der Waals surface area contributed by atoms with Crippen molar-refractivity contribution in [2.45, 2.75) is 13.2 Å². The van der Waals surface area contributed by atoms with Crippen LogP contribution in [0.15, 0.2) is 53.5 Å². The maximum absolute atomic E-state index is 5.45. The van der Waals surface area contributed by atoms with Gasteiger partial charge in [-0.3, -0.25) is 9.24 Å². The van der Waals surface area contributed by atoms with Crippen LogP contribution in [0.2, 0.25) is 0 Å². The van der Waals surface area contributed by atoms with E-state index in [-0.39, 0.29) is 0 Å². The van der Waals surface area contributed by atoms with E-state index in [4.69, 9.17) is 4.84 Å². The normalized spacial score (nSPS) is 11.1. The van der Waals surface area contributed by atoms with Crippen LogP contribution in [-0.2, 0) is 18.0 Å². The van der Waals surface area contributed by atoms with Gasteiger partial charge in [-0.15, -0.1) is 0 Å². The van der Waals surface area contributed by atoms with Gasteiger partial charge >= 0.3 is 0 Å². The summed E-state index contributed by atoms with van der Waals surface area (Å²) in [4.78, 5) is 13.9. The molecule has 2 aromatic heterocycles. The van der Waals surface area contributed by atoms with Crippen molar-refractivity contribution in [3.63, 3.8) is 0 Å². The number of rotatable bonds is 5. The Morgan fingerprint density at radius 1 is 1.15 bits per heavy atom. The number of nitrogens with zero attached hydrogens (tertiary/aromatic N) is 3. The molecule has 0 unspecified atom stereocenters. The molecule has 0 atom stereocenters. The standard InChI is InChI=1S/C14H13BrN4O/c15-13-9-19-12(6-17-14(19)8-16-13)7-18-20-10-11-4-2-1-3-5-11/h1-6,8-9,18H,7,10H2. The fraction of sp³-hybridized carbons (Fsp3) is 0.143. The first-order valence-electron chi connectivity index (χ1n) is 6.19. The number of fused-ring (bicyclic) bond motifs is 1. The van der Waals surface area contributed by atoms with Gasteiger partial charge in [-0.1, -0.05) is 30.3 Å². The molecule has 0 aliphatic rings. The highest BCUT2D eigenvalue weighted by Gasteiger charge is 2.04. The van der Waals surface area contributed by atoms with Gasteiger partial charge in [0.25, 0.3) is 0 Å². The molecule has 5 nitrogen and oxygen atoms in total. The zero-order chi connectivity index (χ0) is 13.8. The molecule has 6 heteroatoms. The molecule has 0 spiro atoms. The predicted molar refractivity (Wildman–Crippen MR) is 78.8 cm³/mol. The third kappa shape index (κ3) is 3.04. The minimum atomic E-state index is 0.531. The lowest BCUT2D eigenvalue weighted by Gasteiger charge is -2.06. The van der Waals surface area contributed by atoms with Gasteiger partial charge in [0.05, 0.1) is 31.2 Å². The zero-order valence-electron chi connectivity index (χ0n) is 10.7. The van der Waals surface area contributed by atoms with Crippen molar-refractivity contribution < 1.29 is 4.84 Å². The van der Waals surface area contributed by atoms with Crippen molar-refractivity contribution in [3.8, 4) is 0 Å². The molecule has 3 aromatic rings. The minimum absolute atomic E-state index is 0.531. The highest BCUT2D eigenvalue weighted by Crippen LogP contribution is 2.10. The molecule has 3 rings (SSSR count). The van der Waals surface area contributed by atoms with Crippen molar-refractivity contribution in [2.75, 3.05) is 0 Å². The lowest BCUT2D eigenvalue weighted by molar-refractivity contribution is 0.0227. The number of hydroxylamine groups is 1. The third-order valence-corrected chi connectivity index (χ3v) is 3.29. The molecule has 1 aromatic carbocycles. The average Bonchev–Trinajstić information content (AvgIpc) is 2.87. The van der Waals surface area contributed by atoms with Gasteiger partial charge in [0.2, 0.25) is 0 Å². The maximum Gasteiger partial charge on any atom is 0.155 e. The van der Waals surface area contributed by atoms with Crippen LogP contribution in [-0.4, -0.2) is 14.4 Å². The topological polar surface area (TPSA) is 51.5 Å². The first kappa shape index (κ1) is 13.2. The number of hydrogen-bond donors (Lipinski definition) is 1. The Balaban J connectivity index is 1.59. The van der Waals surface area contributed by atoms with Gasteiger partial charge in [0.15, 0.2) is 5.65 Å². The van der Waals surface area contributed by atoms with Crippen molar-refractivity contribution in [3.05, 3.63) is 64.8 Å². The second kappa shape index (κ2) is 6.13. The van der Waals surface area contributed by atoms with E-state index in [1.165, 1.54) is 0 Å². The van der Waals surface area contributed by atoms with Crippen LogP contribution in [0.4, 0.5) is 0 Å². The second-order valence-corrected chi connectivity index (χ2v) is 5.10. The smallest absolute Gasteiger partial charge is 0.155 e. The van der Waals surface area contributed by atoms with Crippen LogP contribution >= 0.6 is 15.9 Å². The zero-order valence-corrected chi connectivity index (χ0v) is 12.2. The van der Waals surface area contributed by atoms with E-state index >= 15 is 0 Å². The molecule has 0 saturated carbocycles. The van der Waals surface area contributed by atoms with E-state index in [1.54, 1.807) is 6.20 Å². The van der Waals surface area contributed by atoms with Crippen molar-refractivity contribution in [2.24, 2.45) is 0 Å². The first-order chi connectivity index (χ1) is 9.83. The Morgan fingerprint density at radius 3 is 2.85 bits per heavy atom. The molecule has 0 aliphatic heterocycles. The maximum atomic E-state index is 5.45. The van der Waals surface area contributed by atoms with Crippen molar-refractivity contribution >= 4 is 21.6 Å². The van der Waals surface area contributed by atoms with Crippen molar-refractivity contribution in [1.82, 2.24) is 19.8 Å². The van der Waals surface area contributed by atoms with E-state index in [9.17, 15) is 0 Å². The van der Waals surface area contributed by atoms with Crippen LogP contribution in [0.1, 0.15) is 11.3 Å². The summed E-state index contributed by atoms with van der Waals surface area (Å²) in [5.41, 5.74) is 5.90. The first-order valence-corrected chi connectivity index (χ1v) is 6.98. The summed E-state index contributed by atoms with van der Waals surface area (Å²) >= 11 is 3.35. The second-order valence-electron chi connectivity index (χ2n) is 4.28. The van der Waals surface area contributed by atoms with E-state index in [1.807, 2.05) is 47.1 Å². The molecular weight excluding hydrogens is 320 g/mol. The quantitative estimate of drug-likeness (QED) is 0.576. The molecule has 0 amide bonds. The molecule has 0 aliphatic carbocycles. The molecule has 20 heavy (non-hydrogen) atoms. The van der Waals surface area contributed by atoms with Gasteiger partial charge in [-0.2, -0.15) is 5.48 Å². The fourth-order valence-electron chi connectivity index (χ4n) is 1.88. The molecule has 0 fully saturated rings. The molecule has 1 N–H and O–H groups in total. The highest BCUT2D eigenvalue weighted by atomic mass is 79.9. The monoisotopic (exact) mass is 332 g/mol. The number of imidazole rings is 1. The van der Waals surface area contributed by atoms with E-state index in [0.717, 1.165) is 21.5 Å². The van der Waals surface area contributed by atoms with Gasteiger partial charge < -0.3 is 0 Å². The summed E-state index contributed by atoms with van der Waals surface area (Å²) < 4.78 is 2.74. The van der Waals surface area contributed by atoms with Crippen LogP contribution < -0.4 is 5.48 Å². The summed E-state index contributed by atoms with van der Waals surface area (Å²) in [5.74, 6) is 0.